The number of amides is 2. The van der Waals surface area contributed by atoms with Crippen LogP contribution in [0, 0.1) is 11.6 Å². The Hall–Kier alpha value is -3.54. The molecule has 3 aromatic carbocycles. The fourth-order valence-corrected chi connectivity index (χ4v) is 2.49. The first-order chi connectivity index (χ1) is 13.0. The highest BCUT2D eigenvalue weighted by Crippen LogP contribution is 2.16. The number of anilines is 1. The molecule has 0 saturated heterocycles. The van der Waals surface area contributed by atoms with E-state index in [0.717, 1.165) is 17.7 Å². The number of hydrogen-bond acceptors (Lipinski definition) is 2. The molecule has 0 atom stereocenters. The summed E-state index contributed by atoms with van der Waals surface area (Å²) < 4.78 is 27.3. The molecule has 27 heavy (non-hydrogen) atoms. The van der Waals surface area contributed by atoms with E-state index in [-0.39, 0.29) is 5.91 Å². The third kappa shape index (κ3) is 4.55. The van der Waals surface area contributed by atoms with Crippen LogP contribution in [0.2, 0.25) is 0 Å². The molecule has 2 amide bonds. The quantitative estimate of drug-likeness (QED) is 0.713. The minimum Gasteiger partial charge on any atom is -0.348 e. The van der Waals surface area contributed by atoms with E-state index in [1.165, 1.54) is 30.3 Å². The first-order valence-electron chi connectivity index (χ1n) is 8.22. The first-order valence-corrected chi connectivity index (χ1v) is 8.22. The Labute approximate surface area is 154 Å². The third-order valence-electron chi connectivity index (χ3n) is 3.89. The molecule has 3 rings (SSSR count). The second-order valence-corrected chi connectivity index (χ2v) is 5.80. The summed E-state index contributed by atoms with van der Waals surface area (Å²) in [5.41, 5.74) is 1.05. The van der Waals surface area contributed by atoms with Crippen LogP contribution in [0.5, 0.6) is 0 Å². The SMILES string of the molecule is O=C(NCc1ccccc1)c1ccc(NC(=O)c2c(F)cccc2F)cc1. The van der Waals surface area contributed by atoms with Crippen LogP contribution in [0.4, 0.5) is 14.5 Å². The molecular weight excluding hydrogens is 350 g/mol. The molecule has 0 aliphatic carbocycles. The first kappa shape index (κ1) is 18.3. The maximum Gasteiger partial charge on any atom is 0.261 e. The van der Waals surface area contributed by atoms with Gasteiger partial charge in [-0.1, -0.05) is 36.4 Å². The molecule has 4 nitrogen and oxygen atoms in total. The molecule has 2 N–H and O–H groups in total. The molecule has 136 valence electrons. The molecule has 3 aromatic rings. The van der Waals surface area contributed by atoms with Crippen molar-refractivity contribution >= 4 is 17.5 Å². The Balaban J connectivity index is 1.63. The van der Waals surface area contributed by atoms with Crippen LogP contribution in [0.1, 0.15) is 26.3 Å². The van der Waals surface area contributed by atoms with Gasteiger partial charge in [0.15, 0.2) is 0 Å². The lowest BCUT2D eigenvalue weighted by Crippen LogP contribution is -2.22. The van der Waals surface area contributed by atoms with Gasteiger partial charge in [-0.25, -0.2) is 8.78 Å². The molecule has 0 radical (unpaired) electrons. The van der Waals surface area contributed by atoms with Crippen molar-refractivity contribution in [1.29, 1.82) is 0 Å². The van der Waals surface area contributed by atoms with E-state index in [9.17, 15) is 18.4 Å². The van der Waals surface area contributed by atoms with Gasteiger partial charge in [-0.3, -0.25) is 9.59 Å². The monoisotopic (exact) mass is 366 g/mol. The van der Waals surface area contributed by atoms with Gasteiger partial charge in [-0.05, 0) is 42.0 Å². The minimum absolute atomic E-state index is 0.267. The largest absolute Gasteiger partial charge is 0.348 e. The number of nitrogens with one attached hydrogen (secondary N) is 2. The predicted molar refractivity (Wildman–Crippen MR) is 98.4 cm³/mol. The fraction of sp³-hybridized carbons (Fsp3) is 0.0476. The van der Waals surface area contributed by atoms with E-state index in [1.54, 1.807) is 0 Å². The van der Waals surface area contributed by atoms with Crippen LogP contribution in [-0.2, 0) is 6.54 Å². The molecule has 0 aromatic heterocycles. The van der Waals surface area contributed by atoms with E-state index in [0.29, 0.717) is 17.8 Å². The van der Waals surface area contributed by atoms with Crippen molar-refractivity contribution in [2.75, 3.05) is 5.32 Å². The zero-order valence-electron chi connectivity index (χ0n) is 14.2. The van der Waals surface area contributed by atoms with Crippen molar-refractivity contribution < 1.29 is 18.4 Å². The highest BCUT2D eigenvalue weighted by Gasteiger charge is 2.17. The number of carbonyl (C=O) groups excluding carboxylic acids is 2. The second kappa shape index (κ2) is 8.23. The lowest BCUT2D eigenvalue weighted by Gasteiger charge is -2.09. The molecule has 0 unspecified atom stereocenters. The third-order valence-corrected chi connectivity index (χ3v) is 3.89. The summed E-state index contributed by atoms with van der Waals surface area (Å²) >= 11 is 0. The Morgan fingerprint density at radius 3 is 2.00 bits per heavy atom. The van der Waals surface area contributed by atoms with E-state index >= 15 is 0 Å². The second-order valence-electron chi connectivity index (χ2n) is 5.80. The Bertz CT molecular complexity index is 937. The number of hydrogen-bond donors (Lipinski definition) is 2. The fourth-order valence-electron chi connectivity index (χ4n) is 2.49. The average Bonchev–Trinajstić information content (AvgIpc) is 2.67. The van der Waals surface area contributed by atoms with Crippen LogP contribution in [0.25, 0.3) is 0 Å². The van der Waals surface area contributed by atoms with Gasteiger partial charge >= 0.3 is 0 Å². The van der Waals surface area contributed by atoms with Gasteiger partial charge in [0.2, 0.25) is 0 Å². The van der Waals surface area contributed by atoms with Crippen LogP contribution >= 0.6 is 0 Å². The minimum atomic E-state index is -0.940. The zero-order valence-corrected chi connectivity index (χ0v) is 14.2. The van der Waals surface area contributed by atoms with E-state index < -0.39 is 23.1 Å². The zero-order chi connectivity index (χ0) is 19.2. The summed E-state index contributed by atoms with van der Waals surface area (Å²) in [6, 6.07) is 18.7. The summed E-state index contributed by atoms with van der Waals surface area (Å²) in [5.74, 6) is -3.04. The number of rotatable bonds is 5. The van der Waals surface area contributed by atoms with Crippen molar-refractivity contribution in [3.05, 3.63) is 101 Å². The molecule has 0 fully saturated rings. The van der Waals surface area contributed by atoms with Gasteiger partial charge in [-0.15, -0.1) is 0 Å². The number of halogens is 2. The van der Waals surface area contributed by atoms with E-state index in [4.69, 9.17) is 0 Å². The van der Waals surface area contributed by atoms with Crippen LogP contribution in [0.3, 0.4) is 0 Å². The molecule has 0 heterocycles. The summed E-state index contributed by atoms with van der Waals surface area (Å²) in [4.78, 5) is 24.2. The van der Waals surface area contributed by atoms with E-state index in [1.807, 2.05) is 30.3 Å². The van der Waals surface area contributed by atoms with Crippen molar-refractivity contribution in [2.45, 2.75) is 6.54 Å². The normalized spacial score (nSPS) is 10.3. The molecule has 0 aliphatic heterocycles. The van der Waals surface area contributed by atoms with Crippen LogP contribution in [-0.4, -0.2) is 11.8 Å². The standard InChI is InChI=1S/C21H16F2N2O2/c22-17-7-4-8-18(23)19(17)21(27)25-16-11-9-15(10-12-16)20(26)24-13-14-5-2-1-3-6-14/h1-12H,13H2,(H,24,26)(H,25,27). The average molecular weight is 366 g/mol. The van der Waals surface area contributed by atoms with Gasteiger partial charge < -0.3 is 10.6 Å². The molecule has 0 spiro atoms. The summed E-state index contributed by atoms with van der Waals surface area (Å²) in [7, 11) is 0. The lowest BCUT2D eigenvalue weighted by molar-refractivity contribution is 0.0950. The van der Waals surface area contributed by atoms with Crippen molar-refractivity contribution in [2.24, 2.45) is 0 Å². The maximum absolute atomic E-state index is 13.6. The number of benzene rings is 3. The molecule has 6 heteroatoms. The topological polar surface area (TPSA) is 58.2 Å². The predicted octanol–water partition coefficient (Wildman–Crippen LogP) is 4.15. The molecule has 0 saturated carbocycles. The van der Waals surface area contributed by atoms with Gasteiger partial charge in [0.05, 0.1) is 0 Å². The van der Waals surface area contributed by atoms with Crippen molar-refractivity contribution in [1.82, 2.24) is 5.32 Å². The van der Waals surface area contributed by atoms with Gasteiger partial charge in [0.1, 0.15) is 17.2 Å². The lowest BCUT2D eigenvalue weighted by atomic mass is 10.1. The number of carbonyl (C=O) groups is 2. The smallest absolute Gasteiger partial charge is 0.261 e. The summed E-state index contributed by atoms with van der Waals surface area (Å²) in [6.07, 6.45) is 0. The van der Waals surface area contributed by atoms with E-state index in [2.05, 4.69) is 10.6 Å². The van der Waals surface area contributed by atoms with Gasteiger partial charge in [0.25, 0.3) is 11.8 Å². The van der Waals surface area contributed by atoms with Crippen LogP contribution in [0.15, 0.2) is 72.8 Å². The summed E-state index contributed by atoms with van der Waals surface area (Å²) in [6.45, 7) is 0.394. The van der Waals surface area contributed by atoms with Gasteiger partial charge in [-0.2, -0.15) is 0 Å². The van der Waals surface area contributed by atoms with Crippen LogP contribution < -0.4 is 10.6 Å². The van der Waals surface area contributed by atoms with Crippen molar-refractivity contribution in [3.8, 4) is 0 Å². The Morgan fingerprint density at radius 2 is 1.37 bits per heavy atom. The maximum atomic E-state index is 13.6. The Morgan fingerprint density at radius 1 is 0.741 bits per heavy atom. The molecule has 0 bridgehead atoms. The highest BCUT2D eigenvalue weighted by molar-refractivity contribution is 6.05. The Kier molecular flexibility index (Phi) is 5.56. The highest BCUT2D eigenvalue weighted by atomic mass is 19.1. The molecular formula is C21H16F2N2O2. The van der Waals surface area contributed by atoms with Gasteiger partial charge in [0, 0.05) is 17.8 Å². The summed E-state index contributed by atoms with van der Waals surface area (Å²) in [5, 5.41) is 5.20. The van der Waals surface area contributed by atoms with Crippen molar-refractivity contribution in [3.63, 3.8) is 0 Å². The molecule has 0 aliphatic rings.